The number of carbonyl (C=O) groups excluding carboxylic acids is 1. The van der Waals surface area contributed by atoms with E-state index in [-0.39, 0.29) is 12.1 Å². The summed E-state index contributed by atoms with van der Waals surface area (Å²) >= 11 is 3.43. The Balaban J connectivity index is 1.93. The normalized spacial score (nSPS) is 12.2. The van der Waals surface area contributed by atoms with Gasteiger partial charge in [-0.3, -0.25) is 14.2 Å². The van der Waals surface area contributed by atoms with Gasteiger partial charge >= 0.3 is 0 Å². The van der Waals surface area contributed by atoms with Gasteiger partial charge in [0.1, 0.15) is 19.6 Å². The number of hydrogen-bond donors (Lipinski definition) is 2. The Kier molecular flexibility index (Phi) is 5.49. The van der Waals surface area contributed by atoms with Crippen molar-refractivity contribution in [3.63, 3.8) is 0 Å². The van der Waals surface area contributed by atoms with Crippen LogP contribution in [0.25, 0.3) is 10.9 Å². The van der Waals surface area contributed by atoms with Crippen LogP contribution in [0.2, 0.25) is 0 Å². The average molecular weight is 416 g/mol. The largest absolute Gasteiger partial charge is 0.368 e. The molecule has 0 saturated heterocycles. The minimum Gasteiger partial charge on any atom is -0.368 e. The molecule has 0 saturated carbocycles. The van der Waals surface area contributed by atoms with E-state index in [0.29, 0.717) is 23.3 Å². The van der Waals surface area contributed by atoms with Crippen molar-refractivity contribution in [1.82, 2.24) is 9.55 Å². The summed E-state index contributed by atoms with van der Waals surface area (Å²) in [6, 6.07) is 15.2. The number of amides is 1. The molecule has 1 atom stereocenters. The van der Waals surface area contributed by atoms with E-state index in [9.17, 15) is 9.59 Å². The second-order valence-electron chi connectivity index (χ2n) is 6.34. The standard InChI is InChI=1S/C19H19BrN4O2/c1-23(10-13-6-8-14(20)9-7-13)12-18-22-16-5-3-2-4-15(16)19(26)24(18)11-17(21)25/h2-9H,10-12H2,1H3,(H2,21,25)/p+1. The van der Waals surface area contributed by atoms with Crippen LogP contribution in [0.15, 0.2) is 57.8 Å². The Morgan fingerprint density at radius 2 is 1.85 bits per heavy atom. The summed E-state index contributed by atoms with van der Waals surface area (Å²) in [6.45, 7) is 1.10. The fourth-order valence-electron chi connectivity index (χ4n) is 2.95. The molecular formula is C19H20BrN4O2+. The van der Waals surface area contributed by atoms with Gasteiger partial charge in [-0.2, -0.15) is 0 Å². The number of rotatable bonds is 6. The third kappa shape index (κ3) is 4.17. The van der Waals surface area contributed by atoms with Crippen molar-refractivity contribution in [3.05, 3.63) is 74.7 Å². The highest BCUT2D eigenvalue weighted by Gasteiger charge is 2.16. The first kappa shape index (κ1) is 18.3. The van der Waals surface area contributed by atoms with Gasteiger partial charge in [0.05, 0.1) is 18.0 Å². The summed E-state index contributed by atoms with van der Waals surface area (Å²) in [5.74, 6) is -0.00175. The smallest absolute Gasteiger partial charge is 0.262 e. The number of benzene rings is 2. The zero-order valence-electron chi connectivity index (χ0n) is 14.4. The molecule has 1 unspecified atom stereocenters. The fraction of sp³-hybridized carbons (Fsp3) is 0.211. The van der Waals surface area contributed by atoms with Gasteiger partial charge in [-0.15, -0.1) is 0 Å². The lowest BCUT2D eigenvalue weighted by Gasteiger charge is -2.17. The van der Waals surface area contributed by atoms with E-state index < -0.39 is 5.91 Å². The van der Waals surface area contributed by atoms with Gasteiger partial charge in [0.2, 0.25) is 5.91 Å². The number of fused-ring (bicyclic) bond motifs is 1. The number of primary amides is 1. The number of quaternary nitrogens is 1. The highest BCUT2D eigenvalue weighted by molar-refractivity contribution is 9.10. The predicted molar refractivity (Wildman–Crippen MR) is 104 cm³/mol. The van der Waals surface area contributed by atoms with Crippen LogP contribution in [0.4, 0.5) is 0 Å². The van der Waals surface area contributed by atoms with Crippen LogP contribution in [-0.2, 0) is 24.4 Å². The lowest BCUT2D eigenvalue weighted by Crippen LogP contribution is -3.06. The molecule has 1 amide bonds. The maximum Gasteiger partial charge on any atom is 0.262 e. The predicted octanol–water partition coefficient (Wildman–Crippen LogP) is 0.859. The van der Waals surface area contributed by atoms with E-state index in [0.717, 1.165) is 15.9 Å². The van der Waals surface area contributed by atoms with Crippen molar-refractivity contribution in [2.45, 2.75) is 19.6 Å². The Hall–Kier alpha value is -2.51. The second-order valence-corrected chi connectivity index (χ2v) is 7.26. The first-order valence-corrected chi connectivity index (χ1v) is 9.06. The quantitative estimate of drug-likeness (QED) is 0.626. The number of carbonyl (C=O) groups is 1. The maximum absolute atomic E-state index is 12.8. The number of aromatic nitrogens is 2. The van der Waals surface area contributed by atoms with Crippen LogP contribution < -0.4 is 16.2 Å². The zero-order chi connectivity index (χ0) is 18.7. The number of halogens is 1. The molecule has 26 heavy (non-hydrogen) atoms. The van der Waals surface area contributed by atoms with Crippen molar-refractivity contribution < 1.29 is 9.69 Å². The molecule has 0 radical (unpaired) electrons. The maximum atomic E-state index is 12.8. The first-order chi connectivity index (χ1) is 12.4. The fourth-order valence-corrected chi connectivity index (χ4v) is 3.22. The van der Waals surface area contributed by atoms with E-state index in [1.165, 1.54) is 10.1 Å². The minimum atomic E-state index is -0.559. The lowest BCUT2D eigenvalue weighted by atomic mass is 10.2. The first-order valence-electron chi connectivity index (χ1n) is 8.26. The van der Waals surface area contributed by atoms with Gasteiger partial charge in [-0.05, 0) is 24.3 Å². The number of nitrogens with one attached hydrogen (secondary N) is 1. The number of nitrogens with zero attached hydrogens (tertiary/aromatic N) is 2. The van der Waals surface area contributed by atoms with Gasteiger partial charge in [0, 0.05) is 10.0 Å². The van der Waals surface area contributed by atoms with Gasteiger partial charge in [-0.25, -0.2) is 4.98 Å². The minimum absolute atomic E-state index is 0.169. The van der Waals surface area contributed by atoms with Crippen LogP contribution in [0, 0.1) is 0 Å². The number of hydrogen-bond acceptors (Lipinski definition) is 3. The highest BCUT2D eigenvalue weighted by atomic mass is 79.9. The molecule has 134 valence electrons. The molecule has 1 heterocycles. The van der Waals surface area contributed by atoms with E-state index in [2.05, 4.69) is 33.0 Å². The highest BCUT2D eigenvalue weighted by Crippen LogP contribution is 2.10. The van der Waals surface area contributed by atoms with Crippen molar-refractivity contribution in [3.8, 4) is 0 Å². The number of nitrogens with two attached hydrogens (primary N) is 1. The van der Waals surface area contributed by atoms with Crippen LogP contribution >= 0.6 is 15.9 Å². The molecule has 7 heteroatoms. The third-order valence-corrected chi connectivity index (χ3v) is 4.66. The van der Waals surface area contributed by atoms with E-state index in [1.807, 2.05) is 25.2 Å². The SMILES string of the molecule is C[NH+](Cc1ccc(Br)cc1)Cc1nc2ccccc2c(=O)n1CC(N)=O. The summed E-state index contributed by atoms with van der Waals surface area (Å²) in [4.78, 5) is 30.0. The summed E-state index contributed by atoms with van der Waals surface area (Å²) in [5.41, 5.74) is 6.91. The molecule has 3 N–H and O–H groups in total. The monoisotopic (exact) mass is 415 g/mol. The van der Waals surface area contributed by atoms with Crippen LogP contribution in [0.1, 0.15) is 11.4 Å². The summed E-state index contributed by atoms with van der Waals surface area (Å²) in [7, 11) is 2.03. The van der Waals surface area contributed by atoms with Gasteiger partial charge in [-0.1, -0.05) is 40.2 Å². The van der Waals surface area contributed by atoms with Crippen molar-refractivity contribution in [2.24, 2.45) is 5.73 Å². The molecule has 0 spiro atoms. The zero-order valence-corrected chi connectivity index (χ0v) is 16.0. The van der Waals surface area contributed by atoms with Crippen LogP contribution in [0.5, 0.6) is 0 Å². The van der Waals surface area contributed by atoms with Crippen molar-refractivity contribution in [1.29, 1.82) is 0 Å². The third-order valence-electron chi connectivity index (χ3n) is 4.13. The van der Waals surface area contributed by atoms with E-state index >= 15 is 0 Å². The molecule has 3 aromatic rings. The molecule has 0 fully saturated rings. The van der Waals surface area contributed by atoms with Crippen LogP contribution in [-0.4, -0.2) is 22.5 Å². The van der Waals surface area contributed by atoms with Gasteiger partial charge in [0.25, 0.3) is 5.56 Å². The van der Waals surface area contributed by atoms with Gasteiger partial charge < -0.3 is 10.6 Å². The summed E-state index contributed by atoms with van der Waals surface area (Å²) < 4.78 is 2.42. The van der Waals surface area contributed by atoms with E-state index in [4.69, 9.17) is 5.73 Å². The number of para-hydroxylation sites is 1. The van der Waals surface area contributed by atoms with E-state index in [1.54, 1.807) is 18.2 Å². The molecule has 1 aromatic heterocycles. The Labute approximate surface area is 159 Å². The average Bonchev–Trinajstić information content (AvgIpc) is 2.60. The molecule has 0 aliphatic carbocycles. The van der Waals surface area contributed by atoms with Crippen molar-refractivity contribution >= 4 is 32.7 Å². The molecule has 0 bridgehead atoms. The van der Waals surface area contributed by atoms with Crippen molar-refractivity contribution in [2.75, 3.05) is 7.05 Å². The molecule has 0 aliphatic rings. The molecule has 6 nitrogen and oxygen atoms in total. The topological polar surface area (TPSA) is 82.4 Å². The molecule has 3 rings (SSSR count). The molecular weight excluding hydrogens is 396 g/mol. The van der Waals surface area contributed by atoms with Gasteiger partial charge in [0.15, 0.2) is 5.82 Å². The molecule has 2 aromatic carbocycles. The Morgan fingerprint density at radius 1 is 1.15 bits per heavy atom. The summed E-state index contributed by atoms with van der Waals surface area (Å²) in [5, 5.41) is 0.489. The Morgan fingerprint density at radius 3 is 2.54 bits per heavy atom. The second kappa shape index (κ2) is 7.80. The lowest BCUT2D eigenvalue weighted by molar-refractivity contribution is -0.908. The summed E-state index contributed by atoms with van der Waals surface area (Å²) in [6.07, 6.45) is 0. The van der Waals surface area contributed by atoms with Crippen LogP contribution in [0.3, 0.4) is 0 Å². The Bertz CT molecular complexity index is 999. The molecule has 0 aliphatic heterocycles.